The molecule has 1 aliphatic heterocycles. The highest BCUT2D eigenvalue weighted by molar-refractivity contribution is 5.77. The van der Waals surface area contributed by atoms with Crippen molar-refractivity contribution in [2.75, 3.05) is 19.6 Å². The maximum Gasteiger partial charge on any atom is 0.237 e. The van der Waals surface area contributed by atoms with Crippen LogP contribution in [-0.2, 0) is 4.79 Å². The van der Waals surface area contributed by atoms with Crippen molar-refractivity contribution in [3.63, 3.8) is 0 Å². The molecule has 2 atom stereocenters. The Morgan fingerprint density at radius 3 is 3.00 bits per heavy atom. The van der Waals surface area contributed by atoms with Crippen LogP contribution in [-0.4, -0.2) is 36.5 Å². The van der Waals surface area contributed by atoms with Crippen molar-refractivity contribution in [1.29, 1.82) is 0 Å². The van der Waals surface area contributed by atoms with Crippen LogP contribution in [0.15, 0.2) is 0 Å². The van der Waals surface area contributed by atoms with E-state index in [1.807, 2.05) is 6.92 Å². The molecule has 5 N–H and O–H groups in total. The lowest BCUT2D eigenvalue weighted by Gasteiger charge is -2.32. The molecule has 1 heterocycles. The zero-order valence-electron chi connectivity index (χ0n) is 8.70. The lowest BCUT2D eigenvalue weighted by atomic mass is 10.0. The number of hydrogen-bond donors (Lipinski definition) is 3. The number of rotatable bonds is 3. The van der Waals surface area contributed by atoms with Crippen molar-refractivity contribution >= 4 is 5.91 Å². The molecule has 5 heteroatoms. The molecular formula is C9H20N4O. The zero-order valence-corrected chi connectivity index (χ0v) is 8.70. The second kappa shape index (κ2) is 5.29. The number of nitrogens with one attached hydrogen (secondary N) is 1. The molecule has 5 nitrogen and oxygen atoms in total. The summed E-state index contributed by atoms with van der Waals surface area (Å²) in [6.45, 7) is 4.55. The fourth-order valence-electron chi connectivity index (χ4n) is 1.87. The summed E-state index contributed by atoms with van der Waals surface area (Å²) in [6.07, 6.45) is 2.21. The third-order valence-corrected chi connectivity index (χ3v) is 2.66. The summed E-state index contributed by atoms with van der Waals surface area (Å²) in [5.41, 5.74) is 8.01. The fourth-order valence-corrected chi connectivity index (χ4v) is 1.87. The molecule has 1 rings (SSSR count). The quantitative estimate of drug-likeness (QED) is 0.311. The predicted octanol–water partition coefficient (Wildman–Crippen LogP) is -0.964. The normalized spacial score (nSPS) is 25.8. The van der Waals surface area contributed by atoms with Crippen molar-refractivity contribution < 1.29 is 4.79 Å². The largest absolute Gasteiger partial charge is 0.327 e. The Hall–Kier alpha value is -0.650. The number of carbonyl (C=O) groups is 1. The second-order valence-corrected chi connectivity index (χ2v) is 4.07. The Morgan fingerprint density at radius 2 is 2.43 bits per heavy atom. The summed E-state index contributed by atoms with van der Waals surface area (Å²) in [5.74, 6) is 4.89. The number of hydrazine groups is 1. The minimum absolute atomic E-state index is 0.0645. The maximum absolute atomic E-state index is 11.2. The molecule has 0 bridgehead atoms. The number of amides is 1. The molecule has 0 spiro atoms. The van der Waals surface area contributed by atoms with Crippen molar-refractivity contribution in [2.24, 2.45) is 17.5 Å². The van der Waals surface area contributed by atoms with E-state index < -0.39 is 0 Å². The van der Waals surface area contributed by atoms with Gasteiger partial charge in [0.2, 0.25) is 5.91 Å². The standard InChI is InChI=1S/C9H20N4O/c1-7(9(14)12-11)5-13-4-2-3-8(10)6-13/h7-8H,2-6,10-11H2,1H3,(H,12,14). The number of likely N-dealkylation sites (tertiary alicyclic amines) is 1. The smallest absolute Gasteiger partial charge is 0.237 e. The molecule has 1 saturated heterocycles. The minimum Gasteiger partial charge on any atom is -0.327 e. The van der Waals surface area contributed by atoms with Gasteiger partial charge < -0.3 is 10.6 Å². The lowest BCUT2D eigenvalue weighted by molar-refractivity contribution is -0.125. The Balaban J connectivity index is 2.32. The molecule has 0 aliphatic carbocycles. The van der Waals surface area contributed by atoms with Gasteiger partial charge >= 0.3 is 0 Å². The van der Waals surface area contributed by atoms with Gasteiger partial charge in [-0.25, -0.2) is 5.84 Å². The van der Waals surface area contributed by atoms with Gasteiger partial charge in [0.25, 0.3) is 0 Å². The van der Waals surface area contributed by atoms with Gasteiger partial charge in [0, 0.05) is 25.0 Å². The SMILES string of the molecule is CC(CN1CCCC(N)C1)C(=O)NN. The summed E-state index contributed by atoms with van der Waals surface area (Å²) < 4.78 is 0. The van der Waals surface area contributed by atoms with Gasteiger partial charge in [-0.2, -0.15) is 0 Å². The third kappa shape index (κ3) is 3.25. The number of nitrogens with two attached hydrogens (primary N) is 2. The summed E-state index contributed by atoms with van der Waals surface area (Å²) >= 11 is 0. The van der Waals surface area contributed by atoms with Gasteiger partial charge in [0.15, 0.2) is 0 Å². The van der Waals surface area contributed by atoms with Crippen molar-refractivity contribution in [2.45, 2.75) is 25.8 Å². The topological polar surface area (TPSA) is 84.4 Å². The van der Waals surface area contributed by atoms with Crippen LogP contribution in [0.2, 0.25) is 0 Å². The van der Waals surface area contributed by atoms with E-state index in [0.717, 1.165) is 32.5 Å². The van der Waals surface area contributed by atoms with Crippen molar-refractivity contribution in [3.8, 4) is 0 Å². The molecule has 14 heavy (non-hydrogen) atoms. The van der Waals surface area contributed by atoms with Crippen LogP contribution < -0.4 is 17.0 Å². The van der Waals surface area contributed by atoms with E-state index >= 15 is 0 Å². The highest BCUT2D eigenvalue weighted by Crippen LogP contribution is 2.10. The van der Waals surface area contributed by atoms with E-state index in [4.69, 9.17) is 11.6 Å². The third-order valence-electron chi connectivity index (χ3n) is 2.66. The second-order valence-electron chi connectivity index (χ2n) is 4.07. The number of nitrogens with zero attached hydrogens (tertiary/aromatic N) is 1. The van der Waals surface area contributed by atoms with E-state index in [0.29, 0.717) is 0 Å². The molecule has 0 aromatic carbocycles. The van der Waals surface area contributed by atoms with Gasteiger partial charge in [-0.1, -0.05) is 6.92 Å². The van der Waals surface area contributed by atoms with Crippen LogP contribution in [0.5, 0.6) is 0 Å². The highest BCUT2D eigenvalue weighted by atomic mass is 16.2. The van der Waals surface area contributed by atoms with Gasteiger partial charge in [-0.3, -0.25) is 10.2 Å². The first kappa shape index (κ1) is 11.4. The lowest BCUT2D eigenvalue weighted by Crippen LogP contribution is -2.47. The van der Waals surface area contributed by atoms with Crippen LogP contribution >= 0.6 is 0 Å². The van der Waals surface area contributed by atoms with Crippen LogP contribution in [0.1, 0.15) is 19.8 Å². The van der Waals surface area contributed by atoms with E-state index in [1.54, 1.807) is 0 Å². The monoisotopic (exact) mass is 200 g/mol. The van der Waals surface area contributed by atoms with Crippen LogP contribution in [0.3, 0.4) is 0 Å². The molecule has 0 aromatic rings. The van der Waals surface area contributed by atoms with Gasteiger partial charge in [-0.15, -0.1) is 0 Å². The van der Waals surface area contributed by atoms with E-state index in [2.05, 4.69) is 10.3 Å². The summed E-state index contributed by atoms with van der Waals surface area (Å²) in [4.78, 5) is 13.4. The van der Waals surface area contributed by atoms with Gasteiger partial charge in [0.1, 0.15) is 0 Å². The molecule has 0 aromatic heterocycles. The Labute approximate surface area is 84.8 Å². The van der Waals surface area contributed by atoms with Crippen LogP contribution in [0.4, 0.5) is 0 Å². The molecular weight excluding hydrogens is 180 g/mol. The number of piperidine rings is 1. The molecule has 0 saturated carbocycles. The van der Waals surface area contributed by atoms with Crippen LogP contribution in [0.25, 0.3) is 0 Å². The first-order valence-corrected chi connectivity index (χ1v) is 5.12. The number of carbonyl (C=O) groups excluding carboxylic acids is 1. The molecule has 1 fully saturated rings. The van der Waals surface area contributed by atoms with Crippen molar-refractivity contribution in [1.82, 2.24) is 10.3 Å². The van der Waals surface area contributed by atoms with E-state index in [9.17, 15) is 4.79 Å². The first-order chi connectivity index (χ1) is 6.63. The predicted molar refractivity (Wildman–Crippen MR) is 55.1 cm³/mol. The Bertz CT molecular complexity index is 197. The summed E-state index contributed by atoms with van der Waals surface area (Å²) in [5, 5.41) is 0. The molecule has 2 unspecified atom stereocenters. The number of hydrogen-bond acceptors (Lipinski definition) is 4. The molecule has 1 amide bonds. The highest BCUT2D eigenvalue weighted by Gasteiger charge is 2.20. The maximum atomic E-state index is 11.2. The molecule has 1 aliphatic rings. The summed E-state index contributed by atoms with van der Waals surface area (Å²) in [6, 6.07) is 0.261. The zero-order chi connectivity index (χ0) is 10.6. The van der Waals surface area contributed by atoms with E-state index in [-0.39, 0.29) is 17.9 Å². The van der Waals surface area contributed by atoms with Crippen molar-refractivity contribution in [3.05, 3.63) is 0 Å². The van der Waals surface area contributed by atoms with Crippen LogP contribution in [0, 0.1) is 5.92 Å². The molecule has 0 radical (unpaired) electrons. The average Bonchev–Trinajstić information content (AvgIpc) is 2.16. The minimum atomic E-state index is -0.107. The van der Waals surface area contributed by atoms with Gasteiger partial charge in [-0.05, 0) is 19.4 Å². The van der Waals surface area contributed by atoms with Gasteiger partial charge in [0.05, 0.1) is 0 Å². The summed E-state index contributed by atoms with van der Waals surface area (Å²) in [7, 11) is 0. The Morgan fingerprint density at radius 1 is 1.71 bits per heavy atom. The average molecular weight is 200 g/mol. The Kier molecular flexibility index (Phi) is 4.31. The first-order valence-electron chi connectivity index (χ1n) is 5.12. The molecule has 82 valence electrons. The van der Waals surface area contributed by atoms with E-state index in [1.165, 1.54) is 0 Å². The fraction of sp³-hybridized carbons (Fsp3) is 0.889.